The minimum absolute atomic E-state index is 0.0394. The highest BCUT2D eigenvalue weighted by Gasteiger charge is 2.52. The molecule has 6 heteroatoms. The van der Waals surface area contributed by atoms with Gasteiger partial charge in [-0.25, -0.2) is 9.97 Å². The summed E-state index contributed by atoms with van der Waals surface area (Å²) in [5.41, 5.74) is 3.55. The molecular weight excluding hydrogens is 402 g/mol. The van der Waals surface area contributed by atoms with Crippen molar-refractivity contribution in [2.45, 2.75) is 65.6 Å². The fourth-order valence-electron chi connectivity index (χ4n) is 5.75. The summed E-state index contributed by atoms with van der Waals surface area (Å²) >= 11 is 0. The molecule has 4 heterocycles. The number of hydrogen-bond acceptors (Lipinski definition) is 5. The lowest BCUT2D eigenvalue weighted by atomic mass is 9.64. The number of carbonyl (C=O) groups is 1. The highest BCUT2D eigenvalue weighted by molar-refractivity contribution is 5.95. The summed E-state index contributed by atoms with van der Waals surface area (Å²) in [7, 11) is 0. The van der Waals surface area contributed by atoms with Crippen LogP contribution >= 0.6 is 0 Å². The average Bonchev–Trinajstić information content (AvgIpc) is 2.74. The van der Waals surface area contributed by atoms with E-state index in [2.05, 4.69) is 48.9 Å². The van der Waals surface area contributed by atoms with E-state index in [9.17, 15) is 4.79 Å². The highest BCUT2D eigenvalue weighted by atomic mass is 16.5. The van der Waals surface area contributed by atoms with Crippen LogP contribution in [0.2, 0.25) is 0 Å². The van der Waals surface area contributed by atoms with E-state index in [1.54, 1.807) is 6.20 Å². The molecular formula is C26H33N3O3. The van der Waals surface area contributed by atoms with Crippen molar-refractivity contribution in [1.29, 1.82) is 0 Å². The zero-order valence-corrected chi connectivity index (χ0v) is 19.8. The number of piperidine rings is 1. The van der Waals surface area contributed by atoms with Crippen molar-refractivity contribution < 1.29 is 14.3 Å². The van der Waals surface area contributed by atoms with Gasteiger partial charge in [0.1, 0.15) is 17.2 Å². The molecule has 2 aromatic rings. The van der Waals surface area contributed by atoms with Crippen LogP contribution in [0.3, 0.4) is 0 Å². The minimum atomic E-state index is -0.290. The van der Waals surface area contributed by atoms with Gasteiger partial charge in [-0.2, -0.15) is 0 Å². The molecule has 0 N–H and O–H groups in total. The molecule has 5 rings (SSSR count). The van der Waals surface area contributed by atoms with E-state index >= 15 is 0 Å². The SMILES string of the molecule is Cc1ccc2c(c1)OC(C)(C)[C@H]1CC3(CCN(C(=O)c4cnc(C)nc4C)CC3)CO[C@H]21. The van der Waals surface area contributed by atoms with E-state index in [0.29, 0.717) is 17.3 Å². The Bertz CT molecular complexity index is 1060. The lowest BCUT2D eigenvalue weighted by molar-refractivity contribution is -0.173. The first-order valence-corrected chi connectivity index (χ1v) is 11.7. The van der Waals surface area contributed by atoms with E-state index in [0.717, 1.165) is 50.4 Å². The third kappa shape index (κ3) is 3.58. The Hall–Kier alpha value is -2.47. The Labute approximate surface area is 190 Å². The molecule has 3 aliphatic rings. The third-order valence-electron chi connectivity index (χ3n) is 7.77. The molecule has 1 aromatic heterocycles. The Morgan fingerprint density at radius 1 is 1.16 bits per heavy atom. The zero-order valence-electron chi connectivity index (χ0n) is 19.8. The second-order valence-corrected chi connectivity index (χ2v) is 10.5. The Morgan fingerprint density at radius 3 is 2.62 bits per heavy atom. The number of fused-ring (bicyclic) bond motifs is 3. The Balaban J connectivity index is 1.31. The number of hydrogen-bond donors (Lipinski definition) is 0. The van der Waals surface area contributed by atoms with Crippen LogP contribution in [0.1, 0.15) is 72.2 Å². The molecule has 2 saturated heterocycles. The normalized spacial score (nSPS) is 25.6. The number of ether oxygens (including phenoxy) is 2. The van der Waals surface area contributed by atoms with Gasteiger partial charge >= 0.3 is 0 Å². The molecule has 2 atom stereocenters. The predicted octanol–water partition coefficient (Wildman–Crippen LogP) is 4.57. The maximum atomic E-state index is 13.1. The molecule has 0 unspecified atom stereocenters. The summed E-state index contributed by atoms with van der Waals surface area (Å²) in [5.74, 6) is 1.99. The molecule has 1 spiro atoms. The number of amides is 1. The van der Waals surface area contributed by atoms with Crippen LogP contribution in [0.4, 0.5) is 0 Å². The monoisotopic (exact) mass is 435 g/mol. The number of benzene rings is 1. The van der Waals surface area contributed by atoms with Gasteiger partial charge in [0.25, 0.3) is 5.91 Å². The quantitative estimate of drug-likeness (QED) is 0.656. The summed E-state index contributed by atoms with van der Waals surface area (Å²) in [4.78, 5) is 23.6. The molecule has 3 aliphatic heterocycles. The van der Waals surface area contributed by atoms with Gasteiger partial charge in [0.05, 0.1) is 24.0 Å². The molecule has 2 fully saturated rings. The third-order valence-corrected chi connectivity index (χ3v) is 7.77. The molecule has 32 heavy (non-hydrogen) atoms. The van der Waals surface area contributed by atoms with E-state index in [-0.39, 0.29) is 23.0 Å². The van der Waals surface area contributed by atoms with Crippen molar-refractivity contribution in [1.82, 2.24) is 14.9 Å². The molecule has 170 valence electrons. The standard InChI is InChI=1S/C26H33N3O3/c1-16-6-7-19-22(12-16)32-25(4,5)21-13-26(15-31-23(19)21)8-10-29(11-9-26)24(30)20-14-27-18(3)28-17(20)2/h6-7,12,14,21,23H,8-11,13,15H2,1-5H3/t21-,23+/m0/s1. The molecule has 1 amide bonds. The summed E-state index contributed by atoms with van der Waals surface area (Å²) in [6.45, 7) is 12.4. The number of aromatic nitrogens is 2. The van der Waals surface area contributed by atoms with Crippen LogP contribution in [0.15, 0.2) is 24.4 Å². The van der Waals surface area contributed by atoms with Gasteiger partial charge in [-0.05, 0) is 70.9 Å². The first-order chi connectivity index (χ1) is 15.2. The first-order valence-electron chi connectivity index (χ1n) is 11.7. The lowest BCUT2D eigenvalue weighted by Crippen LogP contribution is -2.54. The van der Waals surface area contributed by atoms with Gasteiger partial charge in [-0.1, -0.05) is 12.1 Å². The van der Waals surface area contributed by atoms with Crippen LogP contribution in [0.25, 0.3) is 0 Å². The van der Waals surface area contributed by atoms with Crippen LogP contribution in [0, 0.1) is 32.1 Å². The predicted molar refractivity (Wildman–Crippen MR) is 122 cm³/mol. The van der Waals surface area contributed by atoms with E-state index in [1.165, 1.54) is 11.1 Å². The van der Waals surface area contributed by atoms with Gasteiger partial charge in [0.2, 0.25) is 0 Å². The molecule has 0 aliphatic carbocycles. The Morgan fingerprint density at radius 2 is 1.91 bits per heavy atom. The maximum Gasteiger partial charge on any atom is 0.257 e. The highest BCUT2D eigenvalue weighted by Crippen LogP contribution is 2.55. The number of aryl methyl sites for hydroxylation is 3. The molecule has 1 aromatic carbocycles. The van der Waals surface area contributed by atoms with Crippen LogP contribution in [0.5, 0.6) is 5.75 Å². The summed E-state index contributed by atoms with van der Waals surface area (Å²) in [5, 5.41) is 0. The fraction of sp³-hybridized carbons (Fsp3) is 0.577. The van der Waals surface area contributed by atoms with E-state index < -0.39 is 0 Å². The van der Waals surface area contributed by atoms with Gasteiger partial charge < -0.3 is 14.4 Å². The molecule has 0 saturated carbocycles. The summed E-state index contributed by atoms with van der Waals surface area (Å²) in [6.07, 6.45) is 4.70. The second kappa shape index (κ2) is 7.55. The number of likely N-dealkylation sites (tertiary alicyclic amines) is 1. The maximum absolute atomic E-state index is 13.1. The van der Waals surface area contributed by atoms with Crippen LogP contribution < -0.4 is 4.74 Å². The first kappa shape index (κ1) is 21.4. The van der Waals surface area contributed by atoms with Crippen LogP contribution in [-0.2, 0) is 4.74 Å². The number of rotatable bonds is 1. The van der Waals surface area contributed by atoms with Crippen molar-refractivity contribution >= 4 is 5.91 Å². The molecule has 0 radical (unpaired) electrons. The zero-order chi connectivity index (χ0) is 22.7. The summed E-state index contributed by atoms with van der Waals surface area (Å²) < 4.78 is 13.1. The van der Waals surface area contributed by atoms with Crippen molar-refractivity contribution in [3.63, 3.8) is 0 Å². The van der Waals surface area contributed by atoms with Gasteiger partial charge in [0, 0.05) is 30.8 Å². The molecule has 6 nitrogen and oxygen atoms in total. The van der Waals surface area contributed by atoms with Crippen molar-refractivity contribution in [2.24, 2.45) is 11.3 Å². The Kier molecular flexibility index (Phi) is 5.04. The largest absolute Gasteiger partial charge is 0.487 e. The van der Waals surface area contributed by atoms with Crippen molar-refractivity contribution in [3.8, 4) is 5.75 Å². The van der Waals surface area contributed by atoms with Gasteiger partial charge in [-0.15, -0.1) is 0 Å². The average molecular weight is 436 g/mol. The van der Waals surface area contributed by atoms with Gasteiger partial charge in [-0.3, -0.25) is 4.79 Å². The van der Waals surface area contributed by atoms with E-state index in [1.807, 2.05) is 18.7 Å². The minimum Gasteiger partial charge on any atom is -0.487 e. The summed E-state index contributed by atoms with van der Waals surface area (Å²) in [6, 6.07) is 6.44. The smallest absolute Gasteiger partial charge is 0.257 e. The van der Waals surface area contributed by atoms with Gasteiger partial charge in [0.15, 0.2) is 0 Å². The number of nitrogens with zero attached hydrogens (tertiary/aromatic N) is 3. The topological polar surface area (TPSA) is 64.5 Å². The van der Waals surface area contributed by atoms with Crippen molar-refractivity contribution in [2.75, 3.05) is 19.7 Å². The second-order valence-electron chi connectivity index (χ2n) is 10.5. The van der Waals surface area contributed by atoms with E-state index in [4.69, 9.17) is 9.47 Å². The number of carbonyl (C=O) groups excluding carboxylic acids is 1. The lowest BCUT2D eigenvalue weighted by Gasteiger charge is -2.54. The van der Waals surface area contributed by atoms with Crippen LogP contribution in [-0.4, -0.2) is 46.1 Å². The van der Waals surface area contributed by atoms with Crippen molar-refractivity contribution in [3.05, 3.63) is 52.6 Å². The fourth-order valence-corrected chi connectivity index (χ4v) is 5.75. The molecule has 0 bridgehead atoms.